The maximum Gasteiger partial charge on any atom is 1.00 e. The first kappa shape index (κ1) is 17.6. The molecule has 0 aliphatic carbocycles. The Kier molecular flexibility index (Phi) is 6.99. The van der Waals surface area contributed by atoms with Crippen LogP contribution in [-0.4, -0.2) is 29.8 Å². The molecule has 0 bridgehead atoms. The second kappa shape index (κ2) is 5.55. The predicted molar refractivity (Wildman–Crippen MR) is 43.9 cm³/mol. The topological polar surface area (TPSA) is 135 Å². The van der Waals surface area contributed by atoms with Gasteiger partial charge >= 0.3 is 44.7 Å². The molecule has 0 aromatic rings. The van der Waals surface area contributed by atoms with Gasteiger partial charge in [-0.1, -0.05) is 13.3 Å². The second-order valence-corrected chi connectivity index (χ2v) is 6.62. The Hall–Kier alpha value is 1.26. The van der Waals surface area contributed by atoms with E-state index in [1.54, 1.807) is 0 Å². The van der Waals surface area contributed by atoms with Crippen LogP contribution in [0.3, 0.4) is 0 Å². The molecule has 0 aliphatic rings. The number of rotatable bonds is 4. The molecule has 0 saturated carbocycles. The van der Waals surface area contributed by atoms with Crippen molar-refractivity contribution in [2.24, 2.45) is 0 Å². The zero-order valence-corrected chi connectivity index (χ0v) is 11.7. The van der Waals surface area contributed by atoms with E-state index < -0.39 is 26.7 Å². The van der Waals surface area contributed by atoms with E-state index in [0.717, 1.165) is 0 Å². The average molecular weight is 257 g/mol. The Morgan fingerprint density at radius 3 is 1.43 bits per heavy atom. The third-order valence-electron chi connectivity index (χ3n) is 1.52. The molecule has 0 spiro atoms. The summed E-state index contributed by atoms with van der Waals surface area (Å²) in [6.45, 7) is 1.44. The fourth-order valence-corrected chi connectivity index (χ4v) is 3.18. The summed E-state index contributed by atoms with van der Waals surface area (Å²) in [5.41, 5.74) is 0. The molecule has 0 heterocycles. The minimum Gasteiger partial charge on any atom is -0.368 e. The van der Waals surface area contributed by atoms with Gasteiger partial charge in [0.25, 0.3) is 5.08 Å². The summed E-state index contributed by atoms with van der Waals surface area (Å²) < 4.78 is 21.3. The summed E-state index contributed by atoms with van der Waals surface area (Å²) in [6, 6.07) is 0. The third kappa shape index (κ3) is 3.68. The third-order valence-corrected chi connectivity index (χ3v) is 5.39. The van der Waals surface area contributed by atoms with Crippen LogP contribution in [0.4, 0.5) is 0 Å². The van der Waals surface area contributed by atoms with Crippen LogP contribution >= 0.6 is 15.2 Å². The minimum atomic E-state index is -5.23. The van der Waals surface area contributed by atoms with Crippen molar-refractivity contribution in [1.82, 2.24) is 0 Å². The van der Waals surface area contributed by atoms with Gasteiger partial charge in [-0.25, -0.2) is 0 Å². The average Bonchev–Trinajstić information content (AvgIpc) is 1.82. The summed E-state index contributed by atoms with van der Waals surface area (Å²) in [5.74, 6) is 0. The van der Waals surface area contributed by atoms with Crippen molar-refractivity contribution in [2.45, 2.75) is 24.8 Å². The van der Waals surface area contributed by atoms with Gasteiger partial charge in [0.2, 0.25) is 0 Å². The van der Waals surface area contributed by atoms with E-state index in [9.17, 15) is 9.13 Å². The van der Waals surface area contributed by atoms with E-state index in [1.807, 2.05) is 0 Å². The Labute approximate surface area is 103 Å². The van der Waals surface area contributed by atoms with Crippen molar-refractivity contribution in [3.63, 3.8) is 0 Å². The first-order chi connectivity index (χ1) is 5.56. The largest absolute Gasteiger partial charge is 1.00 e. The fourth-order valence-electron chi connectivity index (χ4n) is 0.796. The Morgan fingerprint density at radius 1 is 1.07 bits per heavy atom. The number of hydrogen-bond donors (Lipinski definition) is 5. The molecule has 10 heteroatoms. The molecule has 0 aliphatic heterocycles. The molecule has 0 unspecified atom stereocenters. The standard InChI is InChI=1S/C4H12O7P2.Na/c1-2-3-4(5,12(6,7)8)13(9,10)11;/h5H,2-3H2,1H3,(H2,6,7,8)(H2,9,10,11);/q;+1. The van der Waals surface area contributed by atoms with Crippen LogP contribution in [0.25, 0.3) is 0 Å². The number of aliphatic hydroxyl groups is 1. The maximum atomic E-state index is 10.6. The van der Waals surface area contributed by atoms with Crippen molar-refractivity contribution >= 4 is 15.2 Å². The Morgan fingerprint density at radius 2 is 1.36 bits per heavy atom. The van der Waals surface area contributed by atoms with Gasteiger partial charge in [0.15, 0.2) is 0 Å². The Bertz CT molecular complexity index is 245. The first-order valence-corrected chi connectivity index (χ1v) is 6.62. The van der Waals surface area contributed by atoms with E-state index in [4.69, 9.17) is 24.7 Å². The van der Waals surface area contributed by atoms with Crippen LogP contribution in [0.2, 0.25) is 0 Å². The molecule has 0 rings (SSSR count). The molecule has 0 aromatic carbocycles. The summed E-state index contributed by atoms with van der Waals surface area (Å²) in [5, 5.41) is 5.92. The van der Waals surface area contributed by atoms with Crippen molar-refractivity contribution in [1.29, 1.82) is 0 Å². The number of hydrogen-bond acceptors (Lipinski definition) is 3. The fraction of sp³-hybridized carbons (Fsp3) is 1.00. The molecular formula is C4H12NaO7P2+. The zero-order valence-electron chi connectivity index (χ0n) is 7.86. The quantitative estimate of drug-likeness (QED) is 0.264. The van der Waals surface area contributed by atoms with Crippen molar-refractivity contribution in [2.75, 3.05) is 0 Å². The molecule has 0 aromatic heterocycles. The van der Waals surface area contributed by atoms with Gasteiger partial charge in [0, 0.05) is 0 Å². The van der Waals surface area contributed by atoms with Crippen LogP contribution in [0.15, 0.2) is 0 Å². The molecular weight excluding hydrogens is 245 g/mol. The van der Waals surface area contributed by atoms with E-state index in [1.165, 1.54) is 6.92 Å². The molecule has 5 N–H and O–H groups in total. The molecule has 0 saturated heterocycles. The van der Waals surface area contributed by atoms with E-state index in [2.05, 4.69) is 0 Å². The van der Waals surface area contributed by atoms with Gasteiger partial charge in [-0.05, 0) is 6.42 Å². The summed E-state index contributed by atoms with van der Waals surface area (Å²) >= 11 is 0. The van der Waals surface area contributed by atoms with Gasteiger partial charge in [0.1, 0.15) is 0 Å². The predicted octanol–water partition coefficient (Wildman–Crippen LogP) is -3.21. The van der Waals surface area contributed by atoms with Gasteiger partial charge in [-0.2, -0.15) is 0 Å². The monoisotopic (exact) mass is 257 g/mol. The molecule has 0 atom stereocenters. The summed E-state index contributed by atoms with van der Waals surface area (Å²) in [4.78, 5) is 34.3. The minimum absolute atomic E-state index is 0. The smallest absolute Gasteiger partial charge is 0.368 e. The van der Waals surface area contributed by atoms with Crippen LogP contribution in [0.1, 0.15) is 19.8 Å². The molecule has 0 fully saturated rings. The molecule has 80 valence electrons. The van der Waals surface area contributed by atoms with Crippen molar-refractivity contribution < 1.29 is 63.4 Å². The molecule has 0 amide bonds. The van der Waals surface area contributed by atoms with Gasteiger partial charge < -0.3 is 24.7 Å². The van der Waals surface area contributed by atoms with Crippen LogP contribution in [-0.2, 0) is 9.13 Å². The van der Waals surface area contributed by atoms with Gasteiger partial charge in [-0.15, -0.1) is 0 Å². The second-order valence-electron chi connectivity index (χ2n) is 2.61. The van der Waals surface area contributed by atoms with Gasteiger partial charge in [-0.3, -0.25) is 9.13 Å². The Balaban J connectivity index is 0. The summed E-state index contributed by atoms with van der Waals surface area (Å²) in [7, 11) is -10.5. The van der Waals surface area contributed by atoms with Crippen molar-refractivity contribution in [3.8, 4) is 0 Å². The summed E-state index contributed by atoms with van der Waals surface area (Å²) in [6.07, 6.45) is -0.603. The maximum absolute atomic E-state index is 10.6. The van der Waals surface area contributed by atoms with Gasteiger partial charge in [0.05, 0.1) is 0 Å². The van der Waals surface area contributed by atoms with Crippen LogP contribution in [0.5, 0.6) is 0 Å². The van der Waals surface area contributed by atoms with Crippen LogP contribution < -0.4 is 29.6 Å². The van der Waals surface area contributed by atoms with E-state index in [0.29, 0.717) is 0 Å². The van der Waals surface area contributed by atoms with Crippen molar-refractivity contribution in [3.05, 3.63) is 0 Å². The molecule has 0 radical (unpaired) electrons. The normalized spacial score (nSPS) is 13.6. The van der Waals surface area contributed by atoms with E-state index >= 15 is 0 Å². The molecule has 7 nitrogen and oxygen atoms in total. The van der Waals surface area contributed by atoms with Crippen LogP contribution in [0, 0.1) is 0 Å². The first-order valence-electron chi connectivity index (χ1n) is 3.40. The SMILES string of the molecule is CCCC(O)(P(=O)(O)O)P(=O)(O)O.[Na+]. The molecule has 14 heavy (non-hydrogen) atoms. The van der Waals surface area contributed by atoms with E-state index in [-0.39, 0.29) is 36.0 Å². The zero-order chi connectivity index (χ0) is 10.9.